The van der Waals surface area contributed by atoms with Crippen molar-refractivity contribution in [2.75, 3.05) is 7.05 Å². The third kappa shape index (κ3) is 4.70. The summed E-state index contributed by atoms with van der Waals surface area (Å²) in [5.74, 6) is 0. The fourth-order valence-electron chi connectivity index (χ4n) is 0.955. The molecule has 0 saturated carbocycles. The summed E-state index contributed by atoms with van der Waals surface area (Å²) >= 11 is 0. The Balaban J connectivity index is 3.80. The van der Waals surface area contributed by atoms with Crippen LogP contribution in [0.4, 0.5) is 4.79 Å². The molecular weight excluding hydrogens is 141 g/mol. The maximum atomic E-state index is 10.8. The van der Waals surface area contributed by atoms with E-state index < -0.39 is 0 Å². The van der Waals surface area contributed by atoms with E-state index >= 15 is 0 Å². The Morgan fingerprint density at radius 2 is 2.18 bits per heavy atom. The Bertz CT molecular complexity index is 136. The average Bonchev–Trinajstić information content (AvgIpc) is 1.86. The second kappa shape index (κ2) is 4.26. The van der Waals surface area contributed by atoms with Crippen LogP contribution < -0.4 is 5.32 Å². The van der Waals surface area contributed by atoms with Crippen molar-refractivity contribution in [3.05, 3.63) is 0 Å². The largest absolute Gasteiger partial charge is 0.444 e. The van der Waals surface area contributed by atoms with Crippen LogP contribution in [0.5, 0.6) is 0 Å². The third-order valence-electron chi connectivity index (χ3n) is 1.43. The summed E-state index contributed by atoms with van der Waals surface area (Å²) in [6.07, 6.45) is 0.531. The van der Waals surface area contributed by atoms with Crippen molar-refractivity contribution in [3.63, 3.8) is 0 Å². The van der Waals surface area contributed by atoms with Crippen LogP contribution in [0, 0.1) is 0 Å². The zero-order valence-corrected chi connectivity index (χ0v) is 7.73. The molecule has 1 amide bonds. The van der Waals surface area contributed by atoms with Crippen LogP contribution in [-0.2, 0) is 4.74 Å². The van der Waals surface area contributed by atoms with Gasteiger partial charge in [-0.2, -0.15) is 0 Å². The molecule has 64 valence electrons. The number of alkyl carbamates (subject to hydrolysis) is 1. The van der Waals surface area contributed by atoms with Gasteiger partial charge in [0.05, 0.1) is 0 Å². The Morgan fingerprint density at radius 1 is 1.64 bits per heavy atom. The lowest BCUT2D eigenvalue weighted by Crippen LogP contribution is -2.33. The number of ether oxygens (including phenoxy) is 1. The van der Waals surface area contributed by atoms with E-state index in [9.17, 15) is 4.79 Å². The predicted molar refractivity (Wildman–Crippen MR) is 47.4 cm³/mol. The van der Waals surface area contributed by atoms with Crippen molar-refractivity contribution in [2.45, 2.75) is 32.6 Å². The van der Waals surface area contributed by atoms with Gasteiger partial charge in [-0.1, -0.05) is 6.82 Å². The van der Waals surface area contributed by atoms with Gasteiger partial charge in [0.15, 0.2) is 0 Å². The highest BCUT2D eigenvalue weighted by Crippen LogP contribution is 2.14. The van der Waals surface area contributed by atoms with E-state index in [0.29, 0.717) is 0 Å². The van der Waals surface area contributed by atoms with Crippen LogP contribution >= 0.6 is 0 Å². The van der Waals surface area contributed by atoms with E-state index in [1.54, 1.807) is 7.05 Å². The second-order valence-electron chi connectivity index (χ2n) is 3.15. The monoisotopic (exact) mass is 157 g/mol. The molecule has 4 heteroatoms. The molecule has 0 saturated heterocycles. The number of hydrogen-bond acceptors (Lipinski definition) is 2. The molecule has 0 atom stereocenters. The number of amides is 1. The maximum absolute atomic E-state index is 10.8. The van der Waals surface area contributed by atoms with Gasteiger partial charge in [0.2, 0.25) is 0 Å². The molecule has 0 fully saturated rings. The second-order valence-corrected chi connectivity index (χ2v) is 3.15. The van der Waals surface area contributed by atoms with Crippen LogP contribution in [0.3, 0.4) is 0 Å². The van der Waals surface area contributed by atoms with Crippen molar-refractivity contribution in [3.8, 4) is 0 Å². The molecular formula is C7H16BNO2. The number of hydrogen-bond donors (Lipinski definition) is 1. The minimum absolute atomic E-state index is 0.338. The molecule has 0 bridgehead atoms. The topological polar surface area (TPSA) is 38.3 Å². The van der Waals surface area contributed by atoms with E-state index in [-0.39, 0.29) is 11.7 Å². The molecule has 11 heavy (non-hydrogen) atoms. The molecule has 0 radical (unpaired) electrons. The molecule has 3 nitrogen and oxygen atoms in total. The summed E-state index contributed by atoms with van der Waals surface area (Å²) in [5.41, 5.74) is -0.338. The number of carbonyl (C=O) groups excluding carboxylic acids is 1. The first-order valence-corrected chi connectivity index (χ1v) is 3.92. The van der Waals surface area contributed by atoms with Crippen molar-refractivity contribution >= 4 is 13.4 Å². The summed E-state index contributed by atoms with van der Waals surface area (Å²) < 4.78 is 5.08. The summed E-state index contributed by atoms with van der Waals surface area (Å²) in [5, 5.41) is 2.42. The highest BCUT2D eigenvalue weighted by atomic mass is 16.6. The molecule has 0 unspecified atom stereocenters. The summed E-state index contributed by atoms with van der Waals surface area (Å²) in [6.45, 7) is 5.88. The van der Waals surface area contributed by atoms with Crippen LogP contribution in [0.2, 0.25) is 13.1 Å². The van der Waals surface area contributed by atoms with Crippen molar-refractivity contribution in [1.29, 1.82) is 0 Å². The van der Waals surface area contributed by atoms with Gasteiger partial charge in [-0.25, -0.2) is 4.79 Å². The smallest absolute Gasteiger partial charge is 0.407 e. The van der Waals surface area contributed by atoms with Crippen LogP contribution in [0.25, 0.3) is 0 Å². The predicted octanol–water partition coefficient (Wildman–Crippen LogP) is 1.02. The van der Waals surface area contributed by atoms with Crippen molar-refractivity contribution < 1.29 is 9.53 Å². The lowest BCUT2D eigenvalue weighted by molar-refractivity contribution is 0.0542. The van der Waals surface area contributed by atoms with E-state index in [1.807, 2.05) is 13.8 Å². The van der Waals surface area contributed by atoms with E-state index in [4.69, 9.17) is 4.74 Å². The molecule has 0 aliphatic rings. The molecule has 0 aliphatic heterocycles. The van der Waals surface area contributed by atoms with E-state index in [2.05, 4.69) is 12.1 Å². The molecule has 0 aromatic heterocycles. The van der Waals surface area contributed by atoms with Gasteiger partial charge in [-0.15, -0.1) is 0 Å². The van der Waals surface area contributed by atoms with Crippen molar-refractivity contribution in [2.24, 2.45) is 0 Å². The zero-order valence-electron chi connectivity index (χ0n) is 7.73. The first-order chi connectivity index (χ1) is 5.02. The summed E-state index contributed by atoms with van der Waals surface area (Å²) in [7, 11) is 2.58. The van der Waals surface area contributed by atoms with Crippen LogP contribution in [0.15, 0.2) is 0 Å². The van der Waals surface area contributed by atoms with Crippen LogP contribution in [-0.4, -0.2) is 26.0 Å². The number of nitrogens with one attached hydrogen (secondary N) is 1. The van der Waals surface area contributed by atoms with Gasteiger partial charge >= 0.3 is 6.09 Å². The molecule has 0 aliphatic carbocycles. The standard InChI is InChI=1S/C7H16BNO2/c1-7(2,5-8-3)11-6(10)9-4/h8H,5H2,1-4H3,(H,9,10). The van der Waals surface area contributed by atoms with Gasteiger partial charge in [-0.3, -0.25) is 0 Å². The lowest BCUT2D eigenvalue weighted by Gasteiger charge is -2.23. The first kappa shape index (κ1) is 10.3. The first-order valence-electron chi connectivity index (χ1n) is 3.92. The van der Waals surface area contributed by atoms with E-state index in [0.717, 1.165) is 13.6 Å². The third-order valence-corrected chi connectivity index (χ3v) is 1.43. The zero-order chi connectivity index (χ0) is 8.91. The Labute approximate surface area is 68.7 Å². The maximum Gasteiger partial charge on any atom is 0.407 e. The average molecular weight is 157 g/mol. The summed E-state index contributed by atoms with van der Waals surface area (Å²) in [6, 6.07) is 0. The lowest BCUT2D eigenvalue weighted by atomic mass is 9.71. The molecule has 0 spiro atoms. The molecule has 1 N–H and O–H groups in total. The fraction of sp³-hybridized carbons (Fsp3) is 0.857. The Hall–Kier alpha value is -0.665. The van der Waals surface area contributed by atoms with Crippen LogP contribution in [0.1, 0.15) is 13.8 Å². The molecule has 0 aromatic rings. The van der Waals surface area contributed by atoms with Gasteiger partial charge in [0.1, 0.15) is 12.9 Å². The van der Waals surface area contributed by atoms with Gasteiger partial charge in [0, 0.05) is 7.05 Å². The minimum atomic E-state index is -0.358. The molecule has 0 rings (SSSR count). The normalized spacial score (nSPS) is 10.5. The number of rotatable bonds is 3. The SMILES string of the molecule is CBCC(C)(C)OC(=O)NC. The highest BCUT2D eigenvalue weighted by molar-refractivity contribution is 6.33. The molecule has 0 heterocycles. The quantitative estimate of drug-likeness (QED) is 0.621. The van der Waals surface area contributed by atoms with E-state index in [1.165, 1.54) is 0 Å². The number of carbonyl (C=O) groups is 1. The van der Waals surface area contributed by atoms with Gasteiger partial charge in [-0.05, 0) is 20.2 Å². The minimum Gasteiger partial charge on any atom is -0.444 e. The molecule has 0 aromatic carbocycles. The summed E-state index contributed by atoms with van der Waals surface area (Å²) in [4.78, 5) is 10.8. The fourth-order valence-corrected chi connectivity index (χ4v) is 0.955. The van der Waals surface area contributed by atoms with Gasteiger partial charge < -0.3 is 10.1 Å². The van der Waals surface area contributed by atoms with Gasteiger partial charge in [0.25, 0.3) is 0 Å². The van der Waals surface area contributed by atoms with Crippen molar-refractivity contribution in [1.82, 2.24) is 5.32 Å². The highest BCUT2D eigenvalue weighted by Gasteiger charge is 2.20. The Kier molecular flexibility index (Phi) is 4.00. The Morgan fingerprint density at radius 3 is 2.55 bits per heavy atom.